The second kappa shape index (κ2) is 15.5. The Kier molecular flexibility index (Phi) is 11.8. The van der Waals surface area contributed by atoms with E-state index in [0.29, 0.717) is 11.4 Å². The monoisotopic (exact) mass is 661 g/mol. The molecule has 2 heterocycles. The Morgan fingerprint density at radius 2 is 1.72 bits per heavy atom. The molecular weight excluding hydrogens is 630 g/mol. The average Bonchev–Trinajstić information content (AvgIpc) is 2.97. The third-order valence-electron chi connectivity index (χ3n) is 6.27. The van der Waals surface area contributed by atoms with Crippen molar-refractivity contribution in [2.24, 2.45) is 0 Å². The number of aliphatic carboxylic acids is 1. The smallest absolute Gasteiger partial charge is 0.326 e. The van der Waals surface area contributed by atoms with Gasteiger partial charge in [-0.2, -0.15) is 13.4 Å². The zero-order valence-corrected chi connectivity index (χ0v) is 25.1. The van der Waals surface area contributed by atoms with Gasteiger partial charge in [0.25, 0.3) is 21.6 Å². The first-order valence-electron chi connectivity index (χ1n) is 13.5. The van der Waals surface area contributed by atoms with Crippen LogP contribution in [-0.2, 0) is 35.8 Å². The number of carboxylic acid groups (broad SMARTS) is 1. The summed E-state index contributed by atoms with van der Waals surface area (Å²) in [5, 5.41) is 19.5. The van der Waals surface area contributed by atoms with Gasteiger partial charge in [-0.1, -0.05) is 0 Å². The number of amides is 3. The molecule has 0 aliphatic carbocycles. The molecular formula is C26H31N9O10S. The second-order valence-electron chi connectivity index (χ2n) is 9.89. The fourth-order valence-electron chi connectivity index (χ4n) is 3.90. The van der Waals surface area contributed by atoms with Crippen molar-refractivity contribution in [2.75, 3.05) is 23.3 Å². The van der Waals surface area contributed by atoms with E-state index in [2.05, 4.69) is 41.2 Å². The lowest BCUT2D eigenvalue weighted by molar-refractivity contribution is -0.139. The second-order valence-corrected chi connectivity index (χ2v) is 11.5. The molecule has 0 spiro atoms. The van der Waals surface area contributed by atoms with Crippen molar-refractivity contribution in [3.05, 3.63) is 52.1 Å². The molecule has 0 radical (unpaired) electrons. The number of aromatic amines is 1. The van der Waals surface area contributed by atoms with Crippen LogP contribution in [0.4, 0.5) is 11.6 Å². The van der Waals surface area contributed by atoms with Crippen LogP contribution in [0.3, 0.4) is 0 Å². The Bertz CT molecular complexity index is 1800. The number of fused-ring (bicyclic) bond motifs is 1. The van der Waals surface area contributed by atoms with E-state index in [1.54, 1.807) is 12.1 Å². The third-order valence-corrected chi connectivity index (χ3v) is 6.99. The number of ketones is 1. The van der Waals surface area contributed by atoms with Gasteiger partial charge in [0.05, 0.1) is 36.7 Å². The highest BCUT2D eigenvalue weighted by Gasteiger charge is 2.25. The number of anilines is 2. The molecule has 0 unspecified atom stereocenters. The van der Waals surface area contributed by atoms with Crippen molar-refractivity contribution >= 4 is 62.4 Å². The van der Waals surface area contributed by atoms with Crippen molar-refractivity contribution < 1.29 is 42.0 Å². The van der Waals surface area contributed by atoms with Crippen LogP contribution in [0.15, 0.2) is 35.3 Å². The van der Waals surface area contributed by atoms with Gasteiger partial charge in [0, 0.05) is 24.2 Å². The number of H-pyrrole nitrogens is 1. The number of nitrogen functional groups attached to an aromatic ring is 1. The van der Waals surface area contributed by atoms with Crippen molar-refractivity contribution in [1.29, 1.82) is 0 Å². The first-order valence-corrected chi connectivity index (χ1v) is 15.1. The minimum Gasteiger partial charge on any atom is -0.480 e. The molecule has 2 aromatic heterocycles. The number of hydrogen-bond acceptors (Lipinski definition) is 13. The number of benzene rings is 1. The molecule has 1 aromatic carbocycles. The zero-order chi connectivity index (χ0) is 34.0. The molecule has 19 nitrogen and oxygen atoms in total. The van der Waals surface area contributed by atoms with Gasteiger partial charge in [0.15, 0.2) is 16.9 Å². The molecule has 0 saturated carbocycles. The summed E-state index contributed by atoms with van der Waals surface area (Å²) in [7, 11) is -4.30. The van der Waals surface area contributed by atoms with Gasteiger partial charge < -0.3 is 32.1 Å². The predicted molar refractivity (Wildman–Crippen MR) is 161 cm³/mol. The summed E-state index contributed by atoms with van der Waals surface area (Å²) in [6, 6.07) is 3.26. The van der Waals surface area contributed by atoms with Crippen LogP contribution in [-0.4, -0.2) is 91.9 Å². The molecule has 0 bridgehead atoms. The normalized spacial score (nSPS) is 12.5. The van der Waals surface area contributed by atoms with Gasteiger partial charge in [-0.05, 0) is 37.6 Å². The number of nitrogens with two attached hydrogens (primary N) is 1. The first-order chi connectivity index (χ1) is 21.6. The maximum absolute atomic E-state index is 12.7. The number of carboxylic acids is 1. The van der Waals surface area contributed by atoms with Gasteiger partial charge in [-0.3, -0.25) is 33.5 Å². The molecule has 3 aromatic rings. The van der Waals surface area contributed by atoms with Crippen LogP contribution in [0.25, 0.3) is 11.2 Å². The number of Topliss-reactive ketones (excluding diaryl/α,β-unsaturated/α-hetero) is 1. The lowest BCUT2D eigenvalue weighted by atomic mass is 10.1. The van der Waals surface area contributed by atoms with Crippen molar-refractivity contribution in [1.82, 2.24) is 35.9 Å². The number of nitrogens with zero attached hydrogens (tertiary/aromatic N) is 3. The maximum Gasteiger partial charge on any atom is 0.326 e. The van der Waals surface area contributed by atoms with Crippen LogP contribution in [0.2, 0.25) is 0 Å². The molecule has 3 amide bonds. The molecule has 2 atom stereocenters. The highest BCUT2D eigenvalue weighted by molar-refractivity contribution is 7.85. The van der Waals surface area contributed by atoms with Gasteiger partial charge in [-0.25, -0.2) is 14.8 Å². The molecule has 0 aliphatic rings. The Morgan fingerprint density at radius 1 is 1.02 bits per heavy atom. The highest BCUT2D eigenvalue weighted by Crippen LogP contribution is 2.12. The van der Waals surface area contributed by atoms with Crippen LogP contribution < -0.4 is 32.6 Å². The van der Waals surface area contributed by atoms with Crippen LogP contribution >= 0.6 is 0 Å². The number of nitrogens with one attached hydrogen (secondary N) is 5. The molecule has 0 saturated heterocycles. The Labute approximate surface area is 260 Å². The summed E-state index contributed by atoms with van der Waals surface area (Å²) < 4.78 is 30.2. The van der Waals surface area contributed by atoms with E-state index < -0.39 is 82.4 Å². The highest BCUT2D eigenvalue weighted by atomic mass is 32.2. The van der Waals surface area contributed by atoms with Crippen LogP contribution in [0.5, 0.6) is 0 Å². The molecule has 3 rings (SSSR count). The van der Waals surface area contributed by atoms with E-state index in [1.807, 2.05) is 0 Å². The topological polar surface area (TPSA) is 306 Å². The molecule has 20 heteroatoms. The summed E-state index contributed by atoms with van der Waals surface area (Å²) in [5.74, 6) is -5.06. The Morgan fingerprint density at radius 3 is 2.35 bits per heavy atom. The largest absolute Gasteiger partial charge is 0.480 e. The van der Waals surface area contributed by atoms with Gasteiger partial charge in [0.1, 0.15) is 6.04 Å². The zero-order valence-electron chi connectivity index (χ0n) is 24.3. The lowest BCUT2D eigenvalue weighted by Crippen LogP contribution is -2.45. The summed E-state index contributed by atoms with van der Waals surface area (Å²) in [6.07, 6.45) is 0.152. The molecule has 46 heavy (non-hydrogen) atoms. The molecule has 0 fully saturated rings. The number of carbonyl (C=O) groups is 5. The van der Waals surface area contributed by atoms with Crippen molar-refractivity contribution in [3.63, 3.8) is 0 Å². The minimum absolute atomic E-state index is 0.0172. The summed E-state index contributed by atoms with van der Waals surface area (Å²) in [6.45, 7) is 0.879. The van der Waals surface area contributed by atoms with Gasteiger partial charge in [0.2, 0.25) is 17.8 Å². The number of carbonyl (C=O) groups excluding carboxylic acids is 4. The van der Waals surface area contributed by atoms with E-state index in [1.165, 1.54) is 18.3 Å². The van der Waals surface area contributed by atoms with E-state index >= 15 is 0 Å². The van der Waals surface area contributed by atoms with Crippen LogP contribution in [0, 0.1) is 0 Å². The van der Waals surface area contributed by atoms with Crippen molar-refractivity contribution in [2.45, 2.75) is 44.8 Å². The Hall–Kier alpha value is -5.50. The molecule has 9 N–H and O–H groups in total. The molecule has 246 valence electrons. The summed E-state index contributed by atoms with van der Waals surface area (Å²) in [5.41, 5.74) is 6.19. The van der Waals surface area contributed by atoms with E-state index in [-0.39, 0.29) is 35.6 Å². The fraction of sp³-hybridized carbons (Fsp3) is 0.346. The lowest BCUT2D eigenvalue weighted by Gasteiger charge is -2.18. The number of rotatable bonds is 16. The van der Waals surface area contributed by atoms with E-state index in [0.717, 1.165) is 6.92 Å². The Balaban J connectivity index is 1.50. The third kappa shape index (κ3) is 10.9. The number of aromatic nitrogens is 4. The summed E-state index contributed by atoms with van der Waals surface area (Å²) in [4.78, 5) is 87.3. The van der Waals surface area contributed by atoms with Gasteiger partial charge in [-0.15, -0.1) is 0 Å². The van der Waals surface area contributed by atoms with E-state index in [9.17, 15) is 42.3 Å². The van der Waals surface area contributed by atoms with Crippen LogP contribution in [0.1, 0.15) is 42.2 Å². The fourth-order valence-corrected chi connectivity index (χ4v) is 4.26. The molecule has 0 aliphatic heterocycles. The summed E-state index contributed by atoms with van der Waals surface area (Å²) >= 11 is 0. The number of hydrogen-bond donors (Lipinski definition) is 8. The standard InChI is InChI=1S/C26H31N9O10S/c1-13(36)18(10-20(38)28-8-9-46(43,44)45)32-19(37)7-6-17(25(41)42)33-23(39)14-2-4-15(5-3-14)29-11-16-12-30-22-21(31-16)24(40)35-26(27)34-22/h2-5,12,17-18,29H,6-11H2,1H3,(H,28,38)(H,32,37)(H,33,39)(H,41,42)(H,43,44,45)(H3,27,30,34,35,40)/t17-,18-/m0/s1. The average molecular weight is 662 g/mol. The first kappa shape index (κ1) is 35.0. The van der Waals surface area contributed by atoms with E-state index in [4.69, 9.17) is 10.3 Å². The SMILES string of the molecule is CC(=O)[C@H](CC(=O)NCCS(=O)(=O)O)NC(=O)CC[C@H](NC(=O)c1ccc(NCc2cnc3nc(N)[nH]c(=O)c3n2)cc1)C(=O)O. The van der Waals surface area contributed by atoms with Crippen molar-refractivity contribution in [3.8, 4) is 0 Å². The van der Waals surface area contributed by atoms with Gasteiger partial charge >= 0.3 is 5.97 Å². The maximum atomic E-state index is 12.7. The minimum atomic E-state index is -4.30. The quantitative estimate of drug-likeness (QED) is 0.0797. The predicted octanol–water partition coefficient (Wildman–Crippen LogP) is -1.66.